The molecule has 0 aliphatic carbocycles. The number of aromatic nitrogens is 2. The first-order chi connectivity index (χ1) is 9.54. The van der Waals surface area contributed by atoms with E-state index in [4.69, 9.17) is 4.74 Å². The van der Waals surface area contributed by atoms with E-state index in [2.05, 4.69) is 29.1 Å². The molecule has 1 aromatic carbocycles. The van der Waals surface area contributed by atoms with Gasteiger partial charge in [0.2, 0.25) is 5.88 Å². The number of halogens is 1. The van der Waals surface area contributed by atoms with Gasteiger partial charge >= 0.3 is 0 Å². The Morgan fingerprint density at radius 3 is 2.65 bits per heavy atom. The summed E-state index contributed by atoms with van der Waals surface area (Å²) in [5, 5.41) is 3.26. The first-order valence-electron chi connectivity index (χ1n) is 6.53. The summed E-state index contributed by atoms with van der Waals surface area (Å²) >= 11 is 0. The number of nitrogens with one attached hydrogen (secondary N) is 1. The first kappa shape index (κ1) is 14.4. The Morgan fingerprint density at radius 1 is 1.25 bits per heavy atom. The van der Waals surface area contributed by atoms with Crippen LogP contribution in [-0.4, -0.2) is 16.0 Å². The van der Waals surface area contributed by atoms with Crippen LogP contribution in [0.3, 0.4) is 0 Å². The fourth-order valence-corrected chi connectivity index (χ4v) is 1.64. The molecule has 5 heteroatoms. The minimum Gasteiger partial charge on any atom is -0.437 e. The van der Waals surface area contributed by atoms with Crippen LogP contribution in [0.2, 0.25) is 0 Å². The predicted octanol–water partition coefficient (Wildman–Crippen LogP) is 3.21. The van der Waals surface area contributed by atoms with Crippen molar-refractivity contribution in [2.24, 2.45) is 0 Å². The van der Waals surface area contributed by atoms with E-state index in [1.165, 1.54) is 12.1 Å². The lowest BCUT2D eigenvalue weighted by molar-refractivity contribution is 0.453. The molecular formula is C15H18FN3O. The molecule has 0 aliphatic heterocycles. The third-order valence-corrected chi connectivity index (χ3v) is 2.72. The van der Waals surface area contributed by atoms with Crippen molar-refractivity contribution in [3.05, 3.63) is 47.7 Å². The van der Waals surface area contributed by atoms with Gasteiger partial charge in [-0.3, -0.25) is 4.98 Å². The zero-order valence-electron chi connectivity index (χ0n) is 11.9. The standard InChI is InChI=1S/C15H18FN3O/c1-10(2)17-7-13-8-19-15(9-18-13)20-14-5-4-12(16)6-11(14)3/h4-6,8-10,17H,7H2,1-3H3. The maximum atomic E-state index is 13.0. The summed E-state index contributed by atoms with van der Waals surface area (Å²) in [6.45, 7) is 6.59. The third-order valence-electron chi connectivity index (χ3n) is 2.72. The first-order valence-corrected chi connectivity index (χ1v) is 6.53. The van der Waals surface area contributed by atoms with Crippen LogP contribution in [0.5, 0.6) is 11.6 Å². The Morgan fingerprint density at radius 2 is 2.05 bits per heavy atom. The molecule has 0 spiro atoms. The fraction of sp³-hybridized carbons (Fsp3) is 0.333. The summed E-state index contributed by atoms with van der Waals surface area (Å²) in [6, 6.07) is 4.76. The van der Waals surface area contributed by atoms with Crippen LogP contribution in [0.15, 0.2) is 30.6 Å². The van der Waals surface area contributed by atoms with Crippen molar-refractivity contribution in [1.29, 1.82) is 0 Å². The van der Waals surface area contributed by atoms with Crippen molar-refractivity contribution in [2.75, 3.05) is 0 Å². The van der Waals surface area contributed by atoms with Gasteiger partial charge in [-0.2, -0.15) is 0 Å². The number of ether oxygens (including phenoxy) is 1. The van der Waals surface area contributed by atoms with Gasteiger partial charge in [0, 0.05) is 12.6 Å². The maximum absolute atomic E-state index is 13.0. The quantitative estimate of drug-likeness (QED) is 0.910. The van der Waals surface area contributed by atoms with Gasteiger partial charge in [0.25, 0.3) is 0 Å². The minimum atomic E-state index is -0.281. The Bertz CT molecular complexity index is 570. The molecule has 0 atom stereocenters. The molecule has 0 bridgehead atoms. The molecule has 0 saturated carbocycles. The van der Waals surface area contributed by atoms with E-state index < -0.39 is 0 Å². The number of rotatable bonds is 5. The molecule has 0 aliphatic rings. The molecule has 106 valence electrons. The highest BCUT2D eigenvalue weighted by Crippen LogP contribution is 2.23. The molecule has 2 aromatic rings. The third kappa shape index (κ3) is 3.99. The average Bonchev–Trinajstić information content (AvgIpc) is 2.41. The van der Waals surface area contributed by atoms with E-state index in [0.29, 0.717) is 24.2 Å². The largest absolute Gasteiger partial charge is 0.437 e. The van der Waals surface area contributed by atoms with Crippen molar-refractivity contribution in [3.8, 4) is 11.6 Å². The smallest absolute Gasteiger partial charge is 0.237 e. The lowest BCUT2D eigenvalue weighted by Gasteiger charge is -2.09. The molecule has 1 heterocycles. The second-order valence-corrected chi connectivity index (χ2v) is 4.89. The summed E-state index contributed by atoms with van der Waals surface area (Å²) in [4.78, 5) is 8.47. The van der Waals surface area contributed by atoms with Crippen LogP contribution in [-0.2, 0) is 6.54 Å². The predicted molar refractivity (Wildman–Crippen MR) is 75.2 cm³/mol. The second kappa shape index (κ2) is 6.43. The van der Waals surface area contributed by atoms with Crippen molar-refractivity contribution >= 4 is 0 Å². The summed E-state index contributed by atoms with van der Waals surface area (Å²) in [6.07, 6.45) is 3.24. The maximum Gasteiger partial charge on any atom is 0.237 e. The lowest BCUT2D eigenvalue weighted by Crippen LogP contribution is -2.22. The molecule has 0 amide bonds. The van der Waals surface area contributed by atoms with Crippen LogP contribution in [0, 0.1) is 12.7 Å². The topological polar surface area (TPSA) is 47.0 Å². The van der Waals surface area contributed by atoms with E-state index in [-0.39, 0.29) is 5.82 Å². The molecule has 1 N–H and O–H groups in total. The van der Waals surface area contributed by atoms with Gasteiger partial charge in [0.05, 0.1) is 18.1 Å². The summed E-state index contributed by atoms with van der Waals surface area (Å²) in [5.74, 6) is 0.692. The number of aryl methyl sites for hydroxylation is 1. The summed E-state index contributed by atoms with van der Waals surface area (Å²) in [5.41, 5.74) is 1.57. The molecular weight excluding hydrogens is 257 g/mol. The zero-order valence-corrected chi connectivity index (χ0v) is 11.9. The molecule has 0 fully saturated rings. The van der Waals surface area contributed by atoms with E-state index >= 15 is 0 Å². The average molecular weight is 275 g/mol. The lowest BCUT2D eigenvalue weighted by atomic mass is 10.2. The fourth-order valence-electron chi connectivity index (χ4n) is 1.64. The summed E-state index contributed by atoms with van der Waals surface area (Å²) < 4.78 is 18.6. The number of nitrogens with zero attached hydrogens (tertiary/aromatic N) is 2. The Labute approximate surface area is 118 Å². The number of benzene rings is 1. The van der Waals surface area contributed by atoms with Crippen molar-refractivity contribution < 1.29 is 9.13 Å². The molecule has 0 saturated heterocycles. The van der Waals surface area contributed by atoms with Gasteiger partial charge in [-0.25, -0.2) is 9.37 Å². The normalized spacial score (nSPS) is 10.8. The SMILES string of the molecule is Cc1cc(F)ccc1Oc1cnc(CNC(C)C)cn1. The van der Waals surface area contributed by atoms with Crippen molar-refractivity contribution in [3.63, 3.8) is 0 Å². The number of hydrogen-bond donors (Lipinski definition) is 1. The van der Waals surface area contributed by atoms with Gasteiger partial charge in [0.15, 0.2) is 0 Å². The monoisotopic (exact) mass is 275 g/mol. The highest BCUT2D eigenvalue weighted by Gasteiger charge is 2.05. The van der Waals surface area contributed by atoms with Crippen LogP contribution < -0.4 is 10.1 Å². The minimum absolute atomic E-state index is 0.281. The highest BCUT2D eigenvalue weighted by molar-refractivity contribution is 5.35. The molecule has 20 heavy (non-hydrogen) atoms. The second-order valence-electron chi connectivity index (χ2n) is 4.89. The van der Waals surface area contributed by atoms with Gasteiger partial charge in [-0.15, -0.1) is 0 Å². The summed E-state index contributed by atoms with van der Waals surface area (Å²) in [7, 11) is 0. The van der Waals surface area contributed by atoms with E-state index in [1.807, 2.05) is 0 Å². The Hall–Kier alpha value is -2.01. The Balaban J connectivity index is 2.03. The molecule has 4 nitrogen and oxygen atoms in total. The van der Waals surface area contributed by atoms with Crippen molar-refractivity contribution in [1.82, 2.24) is 15.3 Å². The van der Waals surface area contributed by atoms with E-state index in [9.17, 15) is 4.39 Å². The van der Waals surface area contributed by atoms with Gasteiger partial charge in [-0.05, 0) is 30.7 Å². The van der Waals surface area contributed by atoms with E-state index in [0.717, 1.165) is 11.3 Å². The zero-order chi connectivity index (χ0) is 14.5. The molecule has 2 rings (SSSR count). The van der Waals surface area contributed by atoms with Crippen LogP contribution >= 0.6 is 0 Å². The van der Waals surface area contributed by atoms with Crippen LogP contribution in [0.1, 0.15) is 25.1 Å². The van der Waals surface area contributed by atoms with Gasteiger partial charge in [-0.1, -0.05) is 13.8 Å². The van der Waals surface area contributed by atoms with Crippen LogP contribution in [0.25, 0.3) is 0 Å². The van der Waals surface area contributed by atoms with Crippen molar-refractivity contribution in [2.45, 2.75) is 33.4 Å². The van der Waals surface area contributed by atoms with E-state index in [1.54, 1.807) is 25.4 Å². The molecule has 0 radical (unpaired) electrons. The number of hydrogen-bond acceptors (Lipinski definition) is 4. The molecule has 1 aromatic heterocycles. The van der Waals surface area contributed by atoms with Gasteiger partial charge in [0.1, 0.15) is 11.6 Å². The Kier molecular flexibility index (Phi) is 4.63. The molecule has 0 unspecified atom stereocenters. The van der Waals surface area contributed by atoms with Gasteiger partial charge < -0.3 is 10.1 Å². The van der Waals surface area contributed by atoms with Crippen LogP contribution in [0.4, 0.5) is 4.39 Å². The highest BCUT2D eigenvalue weighted by atomic mass is 19.1.